The maximum atomic E-state index is 12.7. The highest BCUT2D eigenvalue weighted by atomic mass is 32.1. The maximum absolute atomic E-state index is 12.7. The Morgan fingerprint density at radius 2 is 2.04 bits per heavy atom. The molecule has 24 heavy (non-hydrogen) atoms. The molecule has 2 aromatic rings. The van der Waals surface area contributed by atoms with Gasteiger partial charge in [0, 0.05) is 6.54 Å². The van der Waals surface area contributed by atoms with Crippen molar-refractivity contribution in [1.29, 1.82) is 0 Å². The van der Waals surface area contributed by atoms with E-state index in [4.69, 9.17) is 0 Å². The van der Waals surface area contributed by atoms with Gasteiger partial charge in [0.1, 0.15) is 6.04 Å². The summed E-state index contributed by atoms with van der Waals surface area (Å²) in [5, 5.41) is 4.97. The lowest BCUT2D eigenvalue weighted by Gasteiger charge is -2.25. The normalized spacial score (nSPS) is 18.4. The summed E-state index contributed by atoms with van der Waals surface area (Å²) in [7, 11) is 0. The molecule has 1 fully saturated rings. The van der Waals surface area contributed by atoms with Gasteiger partial charge in [0.25, 0.3) is 5.91 Å². The Labute approximate surface area is 146 Å². The van der Waals surface area contributed by atoms with Crippen LogP contribution in [0.25, 0.3) is 0 Å². The van der Waals surface area contributed by atoms with Crippen molar-refractivity contribution in [3.63, 3.8) is 0 Å². The summed E-state index contributed by atoms with van der Waals surface area (Å²) in [4.78, 5) is 27.7. The van der Waals surface area contributed by atoms with Crippen LogP contribution in [0.3, 0.4) is 0 Å². The molecule has 0 saturated carbocycles. The minimum Gasteiger partial charge on any atom is -0.348 e. The van der Waals surface area contributed by atoms with E-state index in [0.29, 0.717) is 11.4 Å². The Hall–Kier alpha value is -2.14. The molecule has 1 aromatic heterocycles. The van der Waals surface area contributed by atoms with Gasteiger partial charge in [0.05, 0.1) is 10.9 Å². The molecular weight excluding hydrogens is 320 g/mol. The van der Waals surface area contributed by atoms with Crippen molar-refractivity contribution in [2.24, 2.45) is 0 Å². The number of likely N-dealkylation sites (tertiary alicyclic amines) is 1. The highest BCUT2D eigenvalue weighted by Crippen LogP contribution is 2.24. The topological polar surface area (TPSA) is 49.4 Å². The van der Waals surface area contributed by atoms with E-state index in [9.17, 15) is 9.59 Å². The van der Waals surface area contributed by atoms with Crippen LogP contribution in [-0.4, -0.2) is 29.3 Å². The van der Waals surface area contributed by atoms with Crippen molar-refractivity contribution in [3.8, 4) is 0 Å². The van der Waals surface area contributed by atoms with Crippen LogP contribution >= 0.6 is 11.3 Å². The van der Waals surface area contributed by atoms with E-state index < -0.39 is 0 Å². The zero-order chi connectivity index (χ0) is 17.1. The predicted molar refractivity (Wildman–Crippen MR) is 96.1 cm³/mol. The van der Waals surface area contributed by atoms with Gasteiger partial charge < -0.3 is 10.2 Å². The first kappa shape index (κ1) is 16.7. The average Bonchev–Trinajstić information content (AvgIpc) is 3.26. The predicted octanol–water partition coefficient (Wildman–Crippen LogP) is 3.54. The van der Waals surface area contributed by atoms with Crippen LogP contribution in [0.4, 0.5) is 0 Å². The van der Waals surface area contributed by atoms with E-state index in [0.717, 1.165) is 24.0 Å². The number of rotatable bonds is 4. The van der Waals surface area contributed by atoms with Crippen LogP contribution in [0.1, 0.15) is 46.6 Å². The Morgan fingerprint density at radius 3 is 2.75 bits per heavy atom. The van der Waals surface area contributed by atoms with Gasteiger partial charge >= 0.3 is 0 Å². The molecule has 2 heterocycles. The smallest absolute Gasteiger partial charge is 0.264 e. The third-order valence-electron chi connectivity index (χ3n) is 4.56. The molecule has 0 spiro atoms. The molecule has 2 amide bonds. The number of thiophene rings is 1. The molecule has 4 nitrogen and oxygen atoms in total. The molecular formula is C19H22N2O2S. The maximum Gasteiger partial charge on any atom is 0.264 e. The van der Waals surface area contributed by atoms with E-state index in [1.54, 1.807) is 4.90 Å². The van der Waals surface area contributed by atoms with Gasteiger partial charge in [0.2, 0.25) is 5.91 Å². The van der Waals surface area contributed by atoms with Crippen LogP contribution in [0.5, 0.6) is 0 Å². The Balaban J connectivity index is 1.70. The van der Waals surface area contributed by atoms with Crippen molar-refractivity contribution in [2.75, 3.05) is 6.54 Å². The van der Waals surface area contributed by atoms with E-state index in [2.05, 4.69) is 5.32 Å². The quantitative estimate of drug-likeness (QED) is 0.924. The first-order chi connectivity index (χ1) is 11.6. The van der Waals surface area contributed by atoms with Crippen molar-refractivity contribution < 1.29 is 9.59 Å². The number of nitrogens with one attached hydrogen (secondary N) is 1. The first-order valence-corrected chi connectivity index (χ1v) is 9.16. The second kappa shape index (κ2) is 7.18. The van der Waals surface area contributed by atoms with Crippen molar-refractivity contribution in [3.05, 3.63) is 57.8 Å². The highest BCUT2D eigenvalue weighted by molar-refractivity contribution is 7.12. The summed E-state index contributed by atoms with van der Waals surface area (Å²) in [6, 6.07) is 11.3. The number of nitrogens with zero attached hydrogens (tertiary/aromatic N) is 1. The van der Waals surface area contributed by atoms with Crippen LogP contribution in [0.2, 0.25) is 0 Å². The Bertz CT molecular complexity index is 727. The molecule has 126 valence electrons. The van der Waals surface area contributed by atoms with E-state index in [1.807, 2.05) is 55.6 Å². The summed E-state index contributed by atoms with van der Waals surface area (Å²) in [5.74, 6) is -0.0978. The minimum atomic E-state index is -0.369. The molecule has 1 aliphatic heterocycles. The standard InChI is InChI=1S/C19H22N2O2S/c1-13-7-3-4-8-15(13)14(2)20-18(22)16-9-5-11-21(16)19(23)17-10-6-12-24-17/h3-4,6-8,10,12,14,16H,5,9,11H2,1-2H3,(H,20,22). The second-order valence-electron chi connectivity index (χ2n) is 6.22. The Kier molecular flexibility index (Phi) is 5.00. The minimum absolute atomic E-state index is 0.0359. The molecule has 2 unspecified atom stereocenters. The SMILES string of the molecule is Cc1ccccc1C(C)NC(=O)C1CCCN1C(=O)c1cccs1. The number of carbonyl (C=O) groups is 2. The summed E-state index contributed by atoms with van der Waals surface area (Å²) in [6.45, 7) is 4.67. The third kappa shape index (κ3) is 3.36. The highest BCUT2D eigenvalue weighted by Gasteiger charge is 2.35. The van der Waals surface area contributed by atoms with E-state index >= 15 is 0 Å². The second-order valence-corrected chi connectivity index (χ2v) is 7.17. The van der Waals surface area contributed by atoms with Gasteiger partial charge in [-0.1, -0.05) is 30.3 Å². The molecule has 1 saturated heterocycles. The number of benzene rings is 1. The molecule has 3 rings (SSSR count). The Morgan fingerprint density at radius 1 is 1.25 bits per heavy atom. The summed E-state index contributed by atoms with van der Waals surface area (Å²) in [6.07, 6.45) is 1.59. The number of hydrogen-bond donors (Lipinski definition) is 1. The average molecular weight is 342 g/mol. The fourth-order valence-electron chi connectivity index (χ4n) is 3.28. The van der Waals surface area contributed by atoms with Gasteiger partial charge in [-0.15, -0.1) is 11.3 Å². The van der Waals surface area contributed by atoms with Gasteiger partial charge in [0.15, 0.2) is 0 Å². The summed E-state index contributed by atoms with van der Waals surface area (Å²) >= 11 is 1.42. The molecule has 0 radical (unpaired) electrons. The van der Waals surface area contributed by atoms with Gasteiger partial charge in [-0.05, 0) is 49.3 Å². The molecule has 2 atom stereocenters. The van der Waals surface area contributed by atoms with Gasteiger partial charge in [-0.3, -0.25) is 9.59 Å². The zero-order valence-corrected chi connectivity index (χ0v) is 14.8. The fraction of sp³-hybridized carbons (Fsp3) is 0.368. The summed E-state index contributed by atoms with van der Waals surface area (Å²) < 4.78 is 0. The van der Waals surface area contributed by atoms with Crippen LogP contribution in [-0.2, 0) is 4.79 Å². The van der Waals surface area contributed by atoms with Crippen molar-refractivity contribution in [1.82, 2.24) is 10.2 Å². The van der Waals surface area contributed by atoms with Crippen LogP contribution in [0, 0.1) is 6.92 Å². The molecule has 1 aliphatic rings. The van der Waals surface area contributed by atoms with Gasteiger partial charge in [-0.25, -0.2) is 0 Å². The number of aryl methyl sites for hydroxylation is 1. The van der Waals surface area contributed by atoms with Crippen LogP contribution in [0.15, 0.2) is 41.8 Å². The monoisotopic (exact) mass is 342 g/mol. The van der Waals surface area contributed by atoms with Gasteiger partial charge in [-0.2, -0.15) is 0 Å². The molecule has 5 heteroatoms. The van der Waals surface area contributed by atoms with E-state index in [-0.39, 0.29) is 23.9 Å². The zero-order valence-electron chi connectivity index (χ0n) is 14.0. The number of carbonyl (C=O) groups excluding carboxylic acids is 2. The summed E-state index contributed by atoms with van der Waals surface area (Å²) in [5.41, 5.74) is 2.27. The fourth-order valence-corrected chi connectivity index (χ4v) is 3.96. The lowest BCUT2D eigenvalue weighted by atomic mass is 10.0. The molecule has 0 bridgehead atoms. The lowest BCUT2D eigenvalue weighted by molar-refractivity contribution is -0.125. The first-order valence-electron chi connectivity index (χ1n) is 8.28. The molecule has 0 aliphatic carbocycles. The van der Waals surface area contributed by atoms with E-state index in [1.165, 1.54) is 11.3 Å². The lowest BCUT2D eigenvalue weighted by Crippen LogP contribution is -2.46. The number of amides is 2. The number of hydrogen-bond acceptors (Lipinski definition) is 3. The van der Waals surface area contributed by atoms with Crippen molar-refractivity contribution in [2.45, 2.75) is 38.8 Å². The van der Waals surface area contributed by atoms with Crippen LogP contribution < -0.4 is 5.32 Å². The van der Waals surface area contributed by atoms with Crippen molar-refractivity contribution >= 4 is 23.2 Å². The largest absolute Gasteiger partial charge is 0.348 e. The molecule has 1 N–H and O–H groups in total. The molecule has 1 aromatic carbocycles. The third-order valence-corrected chi connectivity index (χ3v) is 5.42.